The van der Waals surface area contributed by atoms with Gasteiger partial charge in [-0.1, -0.05) is 18.2 Å². The Bertz CT molecular complexity index is 1620. The van der Waals surface area contributed by atoms with Crippen molar-refractivity contribution >= 4 is 49.1 Å². The molecule has 3 aromatic rings. The van der Waals surface area contributed by atoms with E-state index in [1.807, 2.05) is 0 Å². The Morgan fingerprint density at radius 2 is 1.93 bits per heavy atom. The first-order valence-electron chi connectivity index (χ1n) is 13.4. The number of hydrogen-bond acceptors (Lipinski definition) is 8. The maximum Gasteiger partial charge on any atom is 0.267 e. The molecule has 2 fully saturated rings. The van der Waals surface area contributed by atoms with E-state index in [1.165, 1.54) is 7.11 Å². The van der Waals surface area contributed by atoms with Crippen LogP contribution in [0.25, 0.3) is 21.3 Å². The molecule has 3 amide bonds. The lowest BCUT2D eigenvalue weighted by atomic mass is 10.0. The Labute approximate surface area is 245 Å². The molecule has 42 heavy (non-hydrogen) atoms. The second-order valence-corrected chi connectivity index (χ2v) is 13.7. The summed E-state index contributed by atoms with van der Waals surface area (Å²) in [4.78, 5) is 43.7. The average Bonchev–Trinajstić information content (AvgIpc) is 3.55. The minimum atomic E-state index is -4.05. The van der Waals surface area contributed by atoms with Gasteiger partial charge in [-0.15, -0.1) is 11.3 Å². The van der Waals surface area contributed by atoms with E-state index >= 15 is 0 Å². The highest BCUT2D eigenvalue weighted by Crippen LogP contribution is 2.34. The van der Waals surface area contributed by atoms with Crippen LogP contribution in [0.3, 0.4) is 0 Å². The zero-order chi connectivity index (χ0) is 30.1. The van der Waals surface area contributed by atoms with Crippen molar-refractivity contribution in [1.29, 1.82) is 0 Å². The Balaban J connectivity index is 1.40. The second kappa shape index (κ2) is 12.0. The van der Waals surface area contributed by atoms with Gasteiger partial charge < -0.3 is 20.3 Å². The molecular formula is C28H30F2N4O6S2. The third kappa shape index (κ3) is 6.93. The van der Waals surface area contributed by atoms with Gasteiger partial charge in [0.1, 0.15) is 5.01 Å². The molecule has 1 unspecified atom stereocenters. The molecule has 0 bridgehead atoms. The lowest BCUT2D eigenvalue weighted by molar-refractivity contribution is -0.126. The van der Waals surface area contributed by atoms with E-state index in [2.05, 4.69) is 15.6 Å². The summed E-state index contributed by atoms with van der Waals surface area (Å²) in [6, 6.07) is 11.9. The Morgan fingerprint density at radius 3 is 2.62 bits per heavy atom. The normalized spacial score (nSPS) is 17.3. The van der Waals surface area contributed by atoms with Crippen LogP contribution in [0.15, 0.2) is 42.5 Å². The van der Waals surface area contributed by atoms with Gasteiger partial charge in [0.05, 0.1) is 35.7 Å². The fourth-order valence-electron chi connectivity index (χ4n) is 4.67. The van der Waals surface area contributed by atoms with E-state index in [0.29, 0.717) is 21.3 Å². The first-order valence-corrected chi connectivity index (χ1v) is 15.9. The van der Waals surface area contributed by atoms with Crippen LogP contribution in [0.1, 0.15) is 39.9 Å². The largest absolute Gasteiger partial charge is 0.384 e. The summed E-state index contributed by atoms with van der Waals surface area (Å²) in [5.74, 6) is -5.04. The highest BCUT2D eigenvalue weighted by Gasteiger charge is 2.40. The summed E-state index contributed by atoms with van der Waals surface area (Å²) in [6.45, 7) is -1.11. The molecule has 2 aromatic carbocycles. The smallest absolute Gasteiger partial charge is 0.267 e. The number of rotatable bonds is 11. The van der Waals surface area contributed by atoms with E-state index < -0.39 is 51.0 Å². The topological polar surface area (TPSA) is 135 Å². The molecule has 1 atom stereocenters. The molecule has 1 aliphatic carbocycles. The number of carbonyl (C=O) groups is 3. The second-order valence-electron chi connectivity index (χ2n) is 10.4. The van der Waals surface area contributed by atoms with Gasteiger partial charge in [-0.3, -0.25) is 14.4 Å². The number of benzene rings is 2. The van der Waals surface area contributed by atoms with Crippen LogP contribution in [-0.4, -0.2) is 87.1 Å². The van der Waals surface area contributed by atoms with Crippen LogP contribution < -0.4 is 10.6 Å². The summed E-state index contributed by atoms with van der Waals surface area (Å²) in [6.07, 6.45) is 1.38. The van der Waals surface area contributed by atoms with Gasteiger partial charge in [0.15, 0.2) is 15.1 Å². The summed E-state index contributed by atoms with van der Waals surface area (Å²) in [5, 5.41) is 3.59. The molecule has 1 aromatic heterocycles. The molecule has 14 heteroatoms. The predicted molar refractivity (Wildman–Crippen MR) is 153 cm³/mol. The van der Waals surface area contributed by atoms with Crippen molar-refractivity contribution in [3.8, 4) is 11.1 Å². The molecule has 2 N–H and O–H groups in total. The number of aromatic nitrogens is 1. The van der Waals surface area contributed by atoms with Crippen molar-refractivity contribution in [3.05, 3.63) is 53.0 Å². The van der Waals surface area contributed by atoms with Crippen molar-refractivity contribution in [1.82, 2.24) is 20.5 Å². The van der Waals surface area contributed by atoms with Crippen molar-refractivity contribution < 1.29 is 36.3 Å². The summed E-state index contributed by atoms with van der Waals surface area (Å²) in [5.41, 5.74) is 2.03. The van der Waals surface area contributed by atoms with Gasteiger partial charge in [0.25, 0.3) is 11.8 Å². The first kappa shape index (κ1) is 30.0. The number of ether oxygens (including phenoxy) is 1. The van der Waals surface area contributed by atoms with Crippen LogP contribution in [0.2, 0.25) is 0 Å². The standard InChI is InChI=1S/C28H30F2N4O6S2/c1-40-11-12-42(38,39)24(25(36)31-15-23(35)32-20-6-7-20)26-33-21-14-18(5-8-22(21)41-26)17-3-2-4-19(13-17)27(37)34-10-9-28(29,30)16-34/h2-5,8,13-14,20,24H,6-7,9-12,15-16H2,1H3,(H,31,36)(H,32,35). The average molecular weight is 621 g/mol. The van der Waals surface area contributed by atoms with Crippen LogP contribution in [0.5, 0.6) is 0 Å². The predicted octanol–water partition coefficient (Wildman–Crippen LogP) is 2.94. The minimum Gasteiger partial charge on any atom is -0.384 e. The number of halogens is 2. The SMILES string of the molecule is COCCS(=O)(=O)C(C(=O)NCC(=O)NC1CC1)c1nc2cc(-c3cccc(C(=O)N4CCC(F)(F)C4)c3)ccc2s1. The molecule has 5 rings (SSSR count). The molecular weight excluding hydrogens is 590 g/mol. The highest BCUT2D eigenvalue weighted by atomic mass is 32.2. The first-order chi connectivity index (χ1) is 20.0. The lowest BCUT2D eigenvalue weighted by Gasteiger charge is -2.16. The Kier molecular flexibility index (Phi) is 8.58. The number of carbonyl (C=O) groups excluding carboxylic acids is 3. The molecule has 224 valence electrons. The lowest BCUT2D eigenvalue weighted by Crippen LogP contribution is -2.41. The Hall–Kier alpha value is -3.49. The minimum absolute atomic E-state index is 0.0170. The van der Waals surface area contributed by atoms with Gasteiger partial charge in [-0.25, -0.2) is 22.2 Å². The van der Waals surface area contributed by atoms with Crippen molar-refractivity contribution in [2.75, 3.05) is 39.1 Å². The zero-order valence-corrected chi connectivity index (χ0v) is 24.4. The number of amides is 3. The Morgan fingerprint density at radius 1 is 1.17 bits per heavy atom. The van der Waals surface area contributed by atoms with E-state index in [4.69, 9.17) is 4.74 Å². The van der Waals surface area contributed by atoms with E-state index in [9.17, 15) is 31.6 Å². The number of thiazole rings is 1. The number of hydrogen-bond donors (Lipinski definition) is 2. The van der Waals surface area contributed by atoms with E-state index in [1.54, 1.807) is 42.5 Å². The van der Waals surface area contributed by atoms with Crippen LogP contribution in [-0.2, 0) is 24.2 Å². The molecule has 2 aliphatic rings. The molecule has 2 heterocycles. The molecule has 1 aliphatic heterocycles. The van der Waals surface area contributed by atoms with E-state index in [-0.39, 0.29) is 42.7 Å². The molecule has 1 saturated heterocycles. The molecule has 0 spiro atoms. The highest BCUT2D eigenvalue weighted by molar-refractivity contribution is 7.92. The monoisotopic (exact) mass is 620 g/mol. The van der Waals surface area contributed by atoms with Crippen LogP contribution >= 0.6 is 11.3 Å². The third-order valence-electron chi connectivity index (χ3n) is 7.06. The van der Waals surface area contributed by atoms with Gasteiger partial charge in [0.2, 0.25) is 11.8 Å². The molecule has 1 saturated carbocycles. The van der Waals surface area contributed by atoms with Crippen molar-refractivity contribution in [2.45, 2.75) is 36.5 Å². The summed E-state index contributed by atoms with van der Waals surface area (Å²) >= 11 is 1.05. The number of methoxy groups -OCH3 is 1. The van der Waals surface area contributed by atoms with Crippen molar-refractivity contribution in [2.24, 2.45) is 0 Å². The van der Waals surface area contributed by atoms with Gasteiger partial charge in [-0.2, -0.15) is 0 Å². The molecule has 0 radical (unpaired) electrons. The number of likely N-dealkylation sites (tertiary alicyclic amines) is 1. The van der Waals surface area contributed by atoms with Gasteiger partial charge in [-0.05, 0) is 48.2 Å². The fraction of sp³-hybridized carbons (Fsp3) is 0.429. The van der Waals surface area contributed by atoms with Crippen LogP contribution in [0.4, 0.5) is 8.78 Å². The maximum atomic E-state index is 13.6. The number of nitrogens with zero attached hydrogens (tertiary/aromatic N) is 2. The number of sulfone groups is 1. The quantitative estimate of drug-likeness (QED) is 0.337. The number of alkyl halides is 2. The fourth-order valence-corrected chi connectivity index (χ4v) is 7.59. The van der Waals surface area contributed by atoms with Gasteiger partial charge in [0, 0.05) is 31.7 Å². The van der Waals surface area contributed by atoms with E-state index in [0.717, 1.165) is 29.1 Å². The number of fused-ring (bicyclic) bond motifs is 1. The third-order valence-corrected chi connectivity index (χ3v) is 10.2. The zero-order valence-electron chi connectivity index (χ0n) is 22.8. The maximum absolute atomic E-state index is 13.6. The summed E-state index contributed by atoms with van der Waals surface area (Å²) < 4.78 is 59.3. The van der Waals surface area contributed by atoms with Crippen LogP contribution in [0, 0.1) is 0 Å². The molecule has 10 nitrogen and oxygen atoms in total. The summed E-state index contributed by atoms with van der Waals surface area (Å²) in [7, 11) is -2.70. The van der Waals surface area contributed by atoms with Gasteiger partial charge >= 0.3 is 0 Å². The number of nitrogens with one attached hydrogen (secondary N) is 2. The van der Waals surface area contributed by atoms with Crippen molar-refractivity contribution in [3.63, 3.8) is 0 Å².